The van der Waals surface area contributed by atoms with E-state index in [2.05, 4.69) is 26.4 Å². The molecule has 37 heavy (non-hydrogen) atoms. The molecule has 14 heteroatoms. The number of carbonyl (C=O) groups is 1. The number of anilines is 1. The van der Waals surface area contributed by atoms with Crippen molar-refractivity contribution in [3.8, 4) is 0 Å². The summed E-state index contributed by atoms with van der Waals surface area (Å²) >= 11 is 0. The lowest BCUT2D eigenvalue weighted by molar-refractivity contribution is -0.145. The van der Waals surface area contributed by atoms with E-state index in [1.807, 2.05) is 11.0 Å². The summed E-state index contributed by atoms with van der Waals surface area (Å²) < 4.78 is 61.1. The maximum atomic E-state index is 12.6. The van der Waals surface area contributed by atoms with E-state index in [1.54, 1.807) is 0 Å². The molecule has 0 bridgehead atoms. The van der Waals surface area contributed by atoms with Crippen LogP contribution in [0.15, 0.2) is 29.1 Å². The predicted molar refractivity (Wildman–Crippen MR) is 136 cm³/mol. The first-order valence-corrected chi connectivity index (χ1v) is 14.1. The van der Waals surface area contributed by atoms with Crippen LogP contribution in [0.25, 0.3) is 0 Å². The number of hydrogen-bond donors (Lipinski definition) is 3. The maximum absolute atomic E-state index is 12.6. The van der Waals surface area contributed by atoms with E-state index in [0.717, 1.165) is 56.4 Å². The van der Waals surface area contributed by atoms with Gasteiger partial charge in [0.1, 0.15) is 21.7 Å². The van der Waals surface area contributed by atoms with Crippen molar-refractivity contribution in [1.29, 1.82) is 0 Å². The first kappa shape index (κ1) is 30.5. The topological polar surface area (TPSA) is 153 Å². The summed E-state index contributed by atoms with van der Waals surface area (Å²) in [5.74, 6) is -0.122. The van der Waals surface area contributed by atoms with Crippen molar-refractivity contribution in [2.75, 3.05) is 43.5 Å². The molecule has 0 aliphatic carbocycles. The molecule has 2 rings (SSSR count). The second kappa shape index (κ2) is 14.3. The number of fused-ring (bicyclic) bond motifs is 1. The number of nitrogens with two attached hydrogens (primary N) is 2. The predicted octanol–water partition coefficient (Wildman–Crippen LogP) is 1.76. The van der Waals surface area contributed by atoms with E-state index in [0.29, 0.717) is 19.3 Å². The average molecular weight is 549 g/mol. The molecule has 2 heterocycles. The molecule has 0 radical (unpaired) electrons. The van der Waals surface area contributed by atoms with Crippen LogP contribution in [0.1, 0.15) is 36.9 Å². The Bertz CT molecular complexity index is 1060. The first-order chi connectivity index (χ1) is 17.4. The van der Waals surface area contributed by atoms with Crippen LogP contribution < -0.4 is 16.8 Å². The number of oxime groups is 1. The number of rotatable bonds is 14. The fourth-order valence-corrected chi connectivity index (χ4v) is 4.22. The van der Waals surface area contributed by atoms with Crippen LogP contribution in [0, 0.1) is 0 Å². The molecule has 1 unspecified atom stereocenters. The fourth-order valence-electron chi connectivity index (χ4n) is 3.63. The zero-order valence-electron chi connectivity index (χ0n) is 20.8. The monoisotopic (exact) mass is 548 g/mol. The third-order valence-electron chi connectivity index (χ3n) is 5.79. The van der Waals surface area contributed by atoms with E-state index in [9.17, 15) is 26.4 Å². The molecule has 1 aromatic heterocycles. The van der Waals surface area contributed by atoms with Gasteiger partial charge in [0.05, 0.1) is 17.5 Å². The van der Waals surface area contributed by atoms with E-state index >= 15 is 0 Å². The van der Waals surface area contributed by atoms with Crippen molar-refractivity contribution in [3.63, 3.8) is 0 Å². The highest BCUT2D eigenvalue weighted by molar-refractivity contribution is 7.90. The van der Waals surface area contributed by atoms with Gasteiger partial charge in [-0.3, -0.25) is 0 Å². The molecule has 208 valence electrons. The quantitative estimate of drug-likeness (QED) is 0.137. The highest BCUT2D eigenvalue weighted by Crippen LogP contribution is 2.23. The number of hydrogen-bond acceptors (Lipinski definition) is 10. The molecule has 10 nitrogen and oxygen atoms in total. The second-order valence-corrected chi connectivity index (χ2v) is 11.2. The Labute approximate surface area is 215 Å². The minimum absolute atomic E-state index is 0.0549. The fraction of sp³-hybridized carbons (Fsp3) is 0.609. The number of aryl methyl sites for hydroxylation is 2. The van der Waals surface area contributed by atoms with Crippen LogP contribution in [0.3, 0.4) is 0 Å². The van der Waals surface area contributed by atoms with Gasteiger partial charge < -0.3 is 26.5 Å². The highest BCUT2D eigenvalue weighted by Gasteiger charge is 2.32. The Balaban J connectivity index is 1.83. The van der Waals surface area contributed by atoms with Gasteiger partial charge in [-0.15, -0.1) is 0 Å². The van der Waals surface area contributed by atoms with Crippen molar-refractivity contribution in [2.24, 2.45) is 16.6 Å². The number of alkyl halides is 3. The SMILES string of the molecule is CS(=O)(=O)CCN(CCCCc1ccc2c(n1)NCCC2)CCC(N)C(=O)O/N=C/C(=C\N)C(F)(F)F. The van der Waals surface area contributed by atoms with Gasteiger partial charge in [0.15, 0.2) is 0 Å². The van der Waals surface area contributed by atoms with Gasteiger partial charge in [-0.05, 0) is 56.7 Å². The van der Waals surface area contributed by atoms with Crippen LogP contribution in [-0.2, 0) is 32.3 Å². The summed E-state index contributed by atoms with van der Waals surface area (Å²) in [5.41, 5.74) is 11.6. The van der Waals surface area contributed by atoms with Crippen LogP contribution in [0.5, 0.6) is 0 Å². The van der Waals surface area contributed by atoms with Crippen LogP contribution in [0.4, 0.5) is 19.0 Å². The Morgan fingerprint density at radius 3 is 2.73 bits per heavy atom. The number of unbranched alkanes of at least 4 members (excludes halogenated alkanes) is 1. The van der Waals surface area contributed by atoms with Crippen molar-refractivity contribution in [2.45, 2.75) is 50.7 Å². The standard InChI is InChI=1S/C23H35F3N6O4S/c1-37(34,35)14-13-32(11-3-2-6-19-8-7-17-5-4-10-29-21(17)31-19)12-9-20(28)22(33)36-30-16-18(15-27)23(24,25)26/h7-8,15-16,20H,2-6,9-14,27-28H2,1H3,(H,29,31)/b18-15+,30-16+. The Morgan fingerprint density at radius 1 is 1.30 bits per heavy atom. The van der Waals surface area contributed by atoms with Gasteiger partial charge in [0.2, 0.25) is 0 Å². The van der Waals surface area contributed by atoms with Gasteiger partial charge in [-0.25, -0.2) is 18.2 Å². The number of sulfone groups is 1. The third kappa shape index (κ3) is 11.5. The molecule has 1 atom stereocenters. The van der Waals surface area contributed by atoms with Crippen LogP contribution in [-0.4, -0.2) is 80.9 Å². The van der Waals surface area contributed by atoms with Gasteiger partial charge in [0.25, 0.3) is 0 Å². The normalized spacial score (nSPS) is 15.5. The van der Waals surface area contributed by atoms with Gasteiger partial charge in [-0.2, -0.15) is 13.2 Å². The number of nitrogens with one attached hydrogen (secondary N) is 1. The number of nitrogens with zero attached hydrogens (tertiary/aromatic N) is 3. The molecule has 0 saturated heterocycles. The van der Waals surface area contributed by atoms with Crippen molar-refractivity contribution in [3.05, 3.63) is 35.2 Å². The number of allylic oxidation sites excluding steroid dienone is 1. The molecule has 1 aromatic rings. The lowest BCUT2D eigenvalue weighted by Crippen LogP contribution is -2.38. The number of pyridine rings is 1. The smallest absolute Gasteiger partial charge is 0.404 e. The summed E-state index contributed by atoms with van der Waals surface area (Å²) in [6.07, 6.45) is 1.60. The summed E-state index contributed by atoms with van der Waals surface area (Å²) in [7, 11) is -3.20. The van der Waals surface area contributed by atoms with E-state index < -0.39 is 33.6 Å². The third-order valence-corrected chi connectivity index (χ3v) is 6.71. The van der Waals surface area contributed by atoms with Crippen molar-refractivity contribution in [1.82, 2.24) is 9.88 Å². The first-order valence-electron chi connectivity index (χ1n) is 12.0. The van der Waals surface area contributed by atoms with Crippen molar-refractivity contribution < 1.29 is 31.2 Å². The Hall–Kier alpha value is -2.71. The molecule has 0 aromatic carbocycles. The molecule has 0 saturated carbocycles. The molecule has 1 aliphatic rings. The molecule has 1 aliphatic heterocycles. The summed E-state index contributed by atoms with van der Waals surface area (Å²) in [6.45, 7) is 2.05. The van der Waals surface area contributed by atoms with Crippen LogP contribution >= 0.6 is 0 Å². The minimum atomic E-state index is -4.74. The Morgan fingerprint density at radius 2 is 2.05 bits per heavy atom. The summed E-state index contributed by atoms with van der Waals surface area (Å²) in [4.78, 5) is 23.0. The van der Waals surface area contributed by atoms with E-state index in [4.69, 9.17) is 11.5 Å². The molecule has 0 fully saturated rings. The van der Waals surface area contributed by atoms with Gasteiger partial charge in [-0.1, -0.05) is 11.2 Å². The molecular formula is C23H35F3N6O4S. The zero-order chi connectivity index (χ0) is 27.5. The van der Waals surface area contributed by atoms with E-state index in [-0.39, 0.29) is 24.9 Å². The van der Waals surface area contributed by atoms with Gasteiger partial charge in [0, 0.05) is 37.8 Å². The second-order valence-electron chi connectivity index (χ2n) is 8.93. The molecule has 0 amide bonds. The number of aromatic nitrogens is 1. The lowest BCUT2D eigenvalue weighted by atomic mass is 10.1. The lowest BCUT2D eigenvalue weighted by Gasteiger charge is -2.23. The minimum Gasteiger partial charge on any atom is -0.404 e. The highest BCUT2D eigenvalue weighted by atomic mass is 32.2. The van der Waals surface area contributed by atoms with Gasteiger partial charge >= 0.3 is 12.1 Å². The Kier molecular flexibility index (Phi) is 11.8. The van der Waals surface area contributed by atoms with E-state index in [1.165, 1.54) is 5.56 Å². The summed E-state index contributed by atoms with van der Waals surface area (Å²) in [5, 5.41) is 6.33. The average Bonchev–Trinajstić information content (AvgIpc) is 2.83. The number of halogens is 3. The molecule has 5 N–H and O–H groups in total. The van der Waals surface area contributed by atoms with Crippen molar-refractivity contribution >= 4 is 27.8 Å². The number of carbonyl (C=O) groups excluding carboxylic acids is 1. The largest absolute Gasteiger partial charge is 0.419 e. The zero-order valence-corrected chi connectivity index (χ0v) is 21.7. The molecule has 0 spiro atoms. The maximum Gasteiger partial charge on any atom is 0.419 e. The summed E-state index contributed by atoms with van der Waals surface area (Å²) in [6, 6.07) is 2.98. The molecular weight excluding hydrogens is 513 g/mol. The van der Waals surface area contributed by atoms with Crippen LogP contribution in [0.2, 0.25) is 0 Å².